The van der Waals surface area contributed by atoms with Gasteiger partial charge in [0, 0.05) is 16.5 Å². The molecule has 0 N–H and O–H groups in total. The van der Waals surface area contributed by atoms with Gasteiger partial charge in [0.05, 0.1) is 34.3 Å². The summed E-state index contributed by atoms with van der Waals surface area (Å²) in [5.74, 6) is -1.61. The van der Waals surface area contributed by atoms with E-state index in [1.54, 1.807) is 48.5 Å². The number of amides is 2. The number of fused-ring (bicyclic) bond motifs is 2. The molecule has 2 amide bonds. The lowest BCUT2D eigenvalue weighted by Gasteiger charge is -2.19. The highest BCUT2D eigenvalue weighted by molar-refractivity contribution is 6.22. The number of rotatable bonds is 7. The molecule has 2 fully saturated rings. The minimum atomic E-state index is -0.628. The van der Waals surface area contributed by atoms with Crippen molar-refractivity contribution >= 4 is 40.2 Å². The number of hydrogen-bond donors (Lipinski definition) is 0. The lowest BCUT2D eigenvalue weighted by Crippen LogP contribution is -2.30. The maximum Gasteiger partial charge on any atom is 0.339 e. The SMILES string of the molecule is O=C(COC(=O)c1cc(-c2ccc(N3C(=O)C4CCCCC4C3=O)cc2)nc2ccccc12)c1ccc(-c2ccccc2)cc1. The molecule has 222 valence electrons. The number of nitrogens with zero attached hydrogens (tertiary/aromatic N) is 2. The Labute approximate surface area is 260 Å². The van der Waals surface area contributed by atoms with Crippen molar-refractivity contribution in [2.24, 2.45) is 11.8 Å². The molecule has 2 heterocycles. The van der Waals surface area contributed by atoms with E-state index < -0.39 is 12.6 Å². The first-order chi connectivity index (χ1) is 22.0. The summed E-state index contributed by atoms with van der Waals surface area (Å²) in [6.07, 6.45) is 3.47. The van der Waals surface area contributed by atoms with E-state index >= 15 is 0 Å². The molecule has 1 aliphatic heterocycles. The van der Waals surface area contributed by atoms with Crippen LogP contribution in [0.4, 0.5) is 5.69 Å². The number of aromatic nitrogens is 1. The first-order valence-electron chi connectivity index (χ1n) is 15.2. The molecule has 45 heavy (non-hydrogen) atoms. The second-order valence-electron chi connectivity index (χ2n) is 11.6. The van der Waals surface area contributed by atoms with E-state index in [9.17, 15) is 19.2 Å². The molecule has 2 atom stereocenters. The van der Waals surface area contributed by atoms with Crippen molar-refractivity contribution in [1.82, 2.24) is 4.98 Å². The number of ether oxygens (including phenoxy) is 1. The van der Waals surface area contributed by atoms with Crippen LogP contribution in [0.1, 0.15) is 46.4 Å². The van der Waals surface area contributed by atoms with E-state index in [0.29, 0.717) is 39.0 Å². The van der Waals surface area contributed by atoms with Crippen LogP contribution in [0.25, 0.3) is 33.3 Å². The number of pyridine rings is 1. The van der Waals surface area contributed by atoms with Gasteiger partial charge in [0.25, 0.3) is 0 Å². The quantitative estimate of drug-likeness (QED) is 0.112. The average molecular weight is 595 g/mol. The van der Waals surface area contributed by atoms with Crippen molar-refractivity contribution < 1.29 is 23.9 Å². The van der Waals surface area contributed by atoms with Gasteiger partial charge in [0.2, 0.25) is 11.8 Å². The topological polar surface area (TPSA) is 93.6 Å². The Morgan fingerprint density at radius 1 is 0.711 bits per heavy atom. The first kappa shape index (κ1) is 28.3. The van der Waals surface area contributed by atoms with Crippen LogP contribution in [0.2, 0.25) is 0 Å². The van der Waals surface area contributed by atoms with Crippen molar-refractivity contribution in [3.05, 3.63) is 120 Å². The van der Waals surface area contributed by atoms with Gasteiger partial charge in [-0.1, -0.05) is 97.8 Å². The van der Waals surface area contributed by atoms with Crippen LogP contribution < -0.4 is 4.90 Å². The fourth-order valence-corrected chi connectivity index (χ4v) is 6.46. The largest absolute Gasteiger partial charge is 0.454 e. The molecule has 2 unspecified atom stereocenters. The summed E-state index contributed by atoms with van der Waals surface area (Å²) in [5, 5.41) is 0.610. The van der Waals surface area contributed by atoms with E-state index in [0.717, 1.165) is 36.8 Å². The molecule has 1 saturated carbocycles. The molecule has 0 spiro atoms. The number of hydrogen-bond acceptors (Lipinski definition) is 6. The van der Waals surface area contributed by atoms with Crippen LogP contribution in [0, 0.1) is 11.8 Å². The van der Waals surface area contributed by atoms with Crippen molar-refractivity contribution in [1.29, 1.82) is 0 Å². The molecular weight excluding hydrogens is 564 g/mol. The van der Waals surface area contributed by atoms with E-state index in [1.807, 2.05) is 60.7 Å². The van der Waals surface area contributed by atoms with Crippen LogP contribution in [0.5, 0.6) is 0 Å². The summed E-state index contributed by atoms with van der Waals surface area (Å²) >= 11 is 0. The van der Waals surface area contributed by atoms with Crippen LogP contribution >= 0.6 is 0 Å². The zero-order chi connectivity index (χ0) is 30.9. The zero-order valence-corrected chi connectivity index (χ0v) is 24.5. The number of anilines is 1. The maximum atomic E-state index is 13.4. The van der Waals surface area contributed by atoms with Gasteiger partial charge in [-0.2, -0.15) is 0 Å². The van der Waals surface area contributed by atoms with Crippen molar-refractivity contribution in [3.63, 3.8) is 0 Å². The van der Waals surface area contributed by atoms with E-state index in [1.165, 1.54) is 4.90 Å². The number of para-hydroxylation sites is 1. The number of benzene rings is 4. The maximum absolute atomic E-state index is 13.4. The Balaban J connectivity index is 1.10. The molecule has 4 aromatic carbocycles. The summed E-state index contributed by atoms with van der Waals surface area (Å²) in [5.41, 5.74) is 5.17. The van der Waals surface area contributed by atoms with E-state index in [-0.39, 0.29) is 29.4 Å². The van der Waals surface area contributed by atoms with Crippen LogP contribution in [0.3, 0.4) is 0 Å². The number of carbonyl (C=O) groups is 4. The van der Waals surface area contributed by atoms with Crippen molar-refractivity contribution in [3.8, 4) is 22.4 Å². The molecule has 1 saturated heterocycles. The summed E-state index contributed by atoms with van der Waals surface area (Å²) in [6.45, 7) is -0.399. The molecule has 5 aromatic rings. The molecule has 7 heteroatoms. The molecule has 1 aliphatic carbocycles. The second kappa shape index (κ2) is 11.9. The molecule has 0 bridgehead atoms. The van der Waals surface area contributed by atoms with Crippen LogP contribution in [-0.4, -0.2) is 35.2 Å². The Morgan fingerprint density at radius 3 is 2.00 bits per heavy atom. The van der Waals surface area contributed by atoms with Gasteiger partial charge < -0.3 is 4.74 Å². The monoisotopic (exact) mass is 594 g/mol. The van der Waals surface area contributed by atoms with Crippen LogP contribution in [0.15, 0.2) is 109 Å². The minimum absolute atomic E-state index is 0.118. The predicted octanol–water partition coefficient (Wildman–Crippen LogP) is 7.29. The van der Waals surface area contributed by atoms with Crippen molar-refractivity contribution in [2.45, 2.75) is 25.7 Å². The Morgan fingerprint density at radius 2 is 1.31 bits per heavy atom. The lowest BCUT2D eigenvalue weighted by atomic mass is 9.81. The zero-order valence-electron chi connectivity index (χ0n) is 24.5. The fraction of sp³-hybridized carbons (Fsp3) is 0.184. The van der Waals surface area contributed by atoms with Gasteiger partial charge in [-0.05, 0) is 48.2 Å². The number of ketones is 1. The second-order valence-corrected chi connectivity index (χ2v) is 11.6. The molecule has 1 aromatic heterocycles. The minimum Gasteiger partial charge on any atom is -0.454 e. The Bertz CT molecular complexity index is 1910. The molecule has 7 nitrogen and oxygen atoms in total. The summed E-state index contributed by atoms with van der Waals surface area (Å²) in [7, 11) is 0. The summed E-state index contributed by atoms with van der Waals surface area (Å²) < 4.78 is 5.52. The predicted molar refractivity (Wildman–Crippen MR) is 172 cm³/mol. The number of imide groups is 1. The Kier molecular flexibility index (Phi) is 7.51. The van der Waals surface area contributed by atoms with Gasteiger partial charge in [-0.25, -0.2) is 9.78 Å². The van der Waals surface area contributed by atoms with Gasteiger partial charge in [0.1, 0.15) is 0 Å². The number of esters is 1. The van der Waals surface area contributed by atoms with Gasteiger partial charge in [-0.15, -0.1) is 0 Å². The van der Waals surface area contributed by atoms with Crippen molar-refractivity contribution in [2.75, 3.05) is 11.5 Å². The first-order valence-corrected chi connectivity index (χ1v) is 15.2. The molecule has 7 rings (SSSR count). The van der Waals surface area contributed by atoms with E-state index in [2.05, 4.69) is 0 Å². The lowest BCUT2D eigenvalue weighted by molar-refractivity contribution is -0.122. The summed E-state index contributed by atoms with van der Waals surface area (Å²) in [4.78, 5) is 58.5. The van der Waals surface area contributed by atoms with Gasteiger partial charge >= 0.3 is 5.97 Å². The normalized spacial score (nSPS) is 17.7. The molecule has 0 radical (unpaired) electrons. The molecule has 2 aliphatic rings. The van der Waals surface area contributed by atoms with Gasteiger partial charge in [0.15, 0.2) is 12.4 Å². The third-order valence-corrected chi connectivity index (χ3v) is 8.85. The smallest absolute Gasteiger partial charge is 0.339 e. The van der Waals surface area contributed by atoms with Gasteiger partial charge in [-0.3, -0.25) is 19.3 Å². The highest BCUT2D eigenvalue weighted by Gasteiger charge is 2.48. The standard InChI is InChI=1S/C38H30N2O5/c41-35(27-16-14-25(15-17-27)24-8-2-1-3-9-24)23-45-38(44)32-22-34(39-33-13-7-6-10-29(32)33)26-18-20-28(21-19-26)40-36(42)30-11-4-5-12-31(30)37(40)43/h1-3,6-10,13-22,30-31H,4-5,11-12,23H2. The highest BCUT2D eigenvalue weighted by atomic mass is 16.5. The van der Waals surface area contributed by atoms with Crippen LogP contribution in [-0.2, 0) is 14.3 Å². The third-order valence-electron chi connectivity index (χ3n) is 8.85. The number of Topliss-reactive ketones (excluding diaryl/α,β-unsaturated/α-hetero) is 1. The average Bonchev–Trinajstić information content (AvgIpc) is 3.36. The van der Waals surface area contributed by atoms with E-state index in [4.69, 9.17) is 9.72 Å². The summed E-state index contributed by atoms with van der Waals surface area (Å²) in [6, 6.07) is 33.1. The number of carbonyl (C=O) groups excluding carboxylic acids is 4. The highest BCUT2D eigenvalue weighted by Crippen LogP contribution is 2.40. The third kappa shape index (κ3) is 5.42. The molecular formula is C38H30N2O5. The Hall–Kier alpha value is -5.43. The fourth-order valence-electron chi connectivity index (χ4n) is 6.46.